The molecule has 0 saturated heterocycles. The Morgan fingerprint density at radius 1 is 1.29 bits per heavy atom. The molecule has 0 aliphatic rings. The number of benzene rings is 1. The van der Waals surface area contributed by atoms with Crippen molar-refractivity contribution in [2.75, 3.05) is 0 Å². The molecule has 1 aromatic carbocycles. The van der Waals surface area contributed by atoms with Gasteiger partial charge < -0.3 is 11.1 Å². The number of hydrogen-bond donors (Lipinski definition) is 2. The highest BCUT2D eigenvalue weighted by Crippen LogP contribution is 2.16. The second-order valence-electron chi connectivity index (χ2n) is 4.95. The fourth-order valence-corrected chi connectivity index (χ4v) is 2.22. The van der Waals surface area contributed by atoms with Crippen molar-refractivity contribution in [2.24, 2.45) is 5.73 Å². The van der Waals surface area contributed by atoms with E-state index in [2.05, 4.69) is 10.3 Å². The number of hydrogen-bond acceptors (Lipinski definition) is 3. The number of pyridine rings is 1. The van der Waals surface area contributed by atoms with Gasteiger partial charge in [-0.2, -0.15) is 0 Å². The monoisotopic (exact) mass is 285 g/mol. The molecule has 5 nitrogen and oxygen atoms in total. The second kappa shape index (κ2) is 6.83. The molecule has 0 aliphatic heterocycles. The van der Waals surface area contributed by atoms with E-state index >= 15 is 0 Å². The molecule has 0 bridgehead atoms. The molecule has 1 aromatic heterocycles. The molecule has 1 heterocycles. The standard InChI is InChI=1S/C16H19N3O2/c1-2-3-9-13(15(17)20)19-16(21)12-8-4-6-11-7-5-10-18-14(11)12/h4-8,10,13H,2-3,9H2,1H3,(H2,17,20)(H,19,21)/t13-/m1/s1. The molecule has 0 fully saturated rings. The topological polar surface area (TPSA) is 85.1 Å². The van der Waals surface area contributed by atoms with Crippen LogP contribution in [0.3, 0.4) is 0 Å². The molecule has 1 atom stereocenters. The van der Waals surface area contributed by atoms with Gasteiger partial charge in [0.2, 0.25) is 5.91 Å². The van der Waals surface area contributed by atoms with E-state index in [0.717, 1.165) is 18.2 Å². The number of unbranched alkanes of at least 4 members (excludes halogenated alkanes) is 1. The van der Waals surface area contributed by atoms with E-state index < -0.39 is 11.9 Å². The Hall–Kier alpha value is -2.43. The first-order chi connectivity index (χ1) is 10.1. The van der Waals surface area contributed by atoms with Crippen LogP contribution in [0.25, 0.3) is 10.9 Å². The van der Waals surface area contributed by atoms with Crippen molar-refractivity contribution in [3.05, 3.63) is 42.1 Å². The van der Waals surface area contributed by atoms with Crippen molar-refractivity contribution in [2.45, 2.75) is 32.2 Å². The SMILES string of the molecule is CCCC[C@@H](NC(=O)c1cccc2cccnc12)C(N)=O. The molecule has 0 spiro atoms. The van der Waals surface area contributed by atoms with E-state index in [1.54, 1.807) is 18.3 Å². The summed E-state index contributed by atoms with van der Waals surface area (Å²) in [5, 5.41) is 3.59. The molecule has 5 heteroatoms. The van der Waals surface area contributed by atoms with E-state index in [4.69, 9.17) is 5.73 Å². The van der Waals surface area contributed by atoms with Crippen LogP contribution in [-0.2, 0) is 4.79 Å². The fourth-order valence-electron chi connectivity index (χ4n) is 2.22. The average molecular weight is 285 g/mol. The lowest BCUT2D eigenvalue weighted by molar-refractivity contribution is -0.120. The summed E-state index contributed by atoms with van der Waals surface area (Å²) in [5.41, 5.74) is 6.42. The number of carbonyl (C=O) groups is 2. The second-order valence-corrected chi connectivity index (χ2v) is 4.95. The number of fused-ring (bicyclic) bond motifs is 1. The summed E-state index contributed by atoms with van der Waals surface area (Å²) in [6.45, 7) is 2.02. The highest BCUT2D eigenvalue weighted by atomic mass is 16.2. The Balaban J connectivity index is 2.23. The van der Waals surface area contributed by atoms with Gasteiger partial charge in [-0.3, -0.25) is 14.6 Å². The predicted octanol–water partition coefficient (Wildman–Crippen LogP) is 2.01. The number of primary amides is 1. The fraction of sp³-hybridized carbons (Fsp3) is 0.312. The summed E-state index contributed by atoms with van der Waals surface area (Å²) in [4.78, 5) is 28.0. The largest absolute Gasteiger partial charge is 0.368 e. The molecule has 0 radical (unpaired) electrons. The summed E-state index contributed by atoms with van der Waals surface area (Å²) in [5.74, 6) is -0.829. The van der Waals surface area contributed by atoms with Gasteiger partial charge in [-0.05, 0) is 18.6 Å². The molecule has 3 N–H and O–H groups in total. The third-order valence-electron chi connectivity index (χ3n) is 3.37. The Morgan fingerprint density at radius 3 is 2.76 bits per heavy atom. The highest BCUT2D eigenvalue weighted by Gasteiger charge is 2.19. The van der Waals surface area contributed by atoms with E-state index in [1.807, 2.05) is 25.1 Å². The molecule has 110 valence electrons. The Kier molecular flexibility index (Phi) is 4.87. The lowest BCUT2D eigenvalue weighted by Crippen LogP contribution is -2.44. The highest BCUT2D eigenvalue weighted by molar-refractivity contribution is 6.06. The molecule has 2 amide bonds. The molecule has 0 aliphatic carbocycles. The van der Waals surface area contributed by atoms with Crippen molar-refractivity contribution >= 4 is 22.7 Å². The quantitative estimate of drug-likeness (QED) is 0.851. The van der Waals surface area contributed by atoms with Gasteiger partial charge in [-0.1, -0.05) is 38.0 Å². The summed E-state index contributed by atoms with van der Waals surface area (Å²) >= 11 is 0. The summed E-state index contributed by atoms with van der Waals surface area (Å²) < 4.78 is 0. The van der Waals surface area contributed by atoms with Crippen molar-refractivity contribution in [1.29, 1.82) is 0 Å². The van der Waals surface area contributed by atoms with Crippen LogP contribution in [0.1, 0.15) is 36.5 Å². The van der Waals surface area contributed by atoms with Crippen LogP contribution in [0, 0.1) is 0 Å². The smallest absolute Gasteiger partial charge is 0.254 e. The molecule has 2 aromatic rings. The van der Waals surface area contributed by atoms with Gasteiger partial charge in [0.05, 0.1) is 11.1 Å². The first kappa shape index (κ1) is 15.0. The van der Waals surface area contributed by atoms with Crippen LogP contribution in [0.2, 0.25) is 0 Å². The molecule has 21 heavy (non-hydrogen) atoms. The van der Waals surface area contributed by atoms with E-state index in [0.29, 0.717) is 17.5 Å². The van der Waals surface area contributed by atoms with Gasteiger partial charge >= 0.3 is 0 Å². The number of aromatic nitrogens is 1. The van der Waals surface area contributed by atoms with Gasteiger partial charge in [0.25, 0.3) is 5.91 Å². The van der Waals surface area contributed by atoms with Crippen molar-refractivity contribution in [1.82, 2.24) is 10.3 Å². The third-order valence-corrected chi connectivity index (χ3v) is 3.37. The minimum absolute atomic E-state index is 0.320. The normalized spacial score (nSPS) is 12.0. The number of amides is 2. The van der Waals surface area contributed by atoms with E-state index in [-0.39, 0.29) is 5.91 Å². The Bertz CT molecular complexity index is 650. The van der Waals surface area contributed by atoms with E-state index in [9.17, 15) is 9.59 Å². The molecular weight excluding hydrogens is 266 g/mol. The summed E-state index contributed by atoms with van der Waals surface area (Å²) in [6, 6.07) is 8.45. The maximum absolute atomic E-state index is 12.4. The van der Waals surface area contributed by atoms with Gasteiger partial charge in [-0.15, -0.1) is 0 Å². The number of carbonyl (C=O) groups excluding carboxylic acids is 2. The molecular formula is C16H19N3O2. The van der Waals surface area contributed by atoms with Gasteiger partial charge in [0.15, 0.2) is 0 Å². The van der Waals surface area contributed by atoms with Gasteiger partial charge in [0, 0.05) is 11.6 Å². The van der Waals surface area contributed by atoms with E-state index in [1.165, 1.54) is 0 Å². The number of rotatable bonds is 6. The first-order valence-electron chi connectivity index (χ1n) is 7.07. The maximum Gasteiger partial charge on any atom is 0.254 e. The van der Waals surface area contributed by atoms with Crippen LogP contribution in [0.15, 0.2) is 36.5 Å². The van der Waals surface area contributed by atoms with Crippen molar-refractivity contribution in [3.63, 3.8) is 0 Å². The van der Waals surface area contributed by atoms with Crippen LogP contribution in [0.4, 0.5) is 0 Å². The zero-order chi connectivity index (χ0) is 15.2. The number of nitrogens with zero attached hydrogens (tertiary/aromatic N) is 1. The van der Waals surface area contributed by atoms with Crippen molar-refractivity contribution in [3.8, 4) is 0 Å². The first-order valence-corrected chi connectivity index (χ1v) is 7.07. The minimum Gasteiger partial charge on any atom is -0.368 e. The van der Waals surface area contributed by atoms with Crippen LogP contribution in [-0.4, -0.2) is 22.8 Å². The Morgan fingerprint density at radius 2 is 2.05 bits per heavy atom. The molecule has 0 saturated carbocycles. The third kappa shape index (κ3) is 3.56. The number of nitrogens with two attached hydrogens (primary N) is 1. The van der Waals surface area contributed by atoms with Gasteiger partial charge in [-0.25, -0.2) is 0 Å². The number of para-hydroxylation sites is 1. The van der Waals surface area contributed by atoms with Crippen LogP contribution >= 0.6 is 0 Å². The zero-order valence-electron chi connectivity index (χ0n) is 12.0. The molecule has 0 unspecified atom stereocenters. The summed E-state index contributed by atoms with van der Waals surface area (Å²) in [7, 11) is 0. The Labute approximate surface area is 123 Å². The molecule has 2 rings (SSSR count). The van der Waals surface area contributed by atoms with Crippen LogP contribution < -0.4 is 11.1 Å². The number of nitrogens with one attached hydrogen (secondary N) is 1. The van der Waals surface area contributed by atoms with Crippen molar-refractivity contribution < 1.29 is 9.59 Å². The lowest BCUT2D eigenvalue weighted by Gasteiger charge is -2.15. The maximum atomic E-state index is 12.4. The summed E-state index contributed by atoms with van der Waals surface area (Å²) in [6.07, 6.45) is 3.97. The minimum atomic E-state index is -0.642. The van der Waals surface area contributed by atoms with Gasteiger partial charge in [0.1, 0.15) is 6.04 Å². The van der Waals surface area contributed by atoms with Crippen LogP contribution in [0.5, 0.6) is 0 Å². The lowest BCUT2D eigenvalue weighted by atomic mass is 10.1. The predicted molar refractivity (Wildman–Crippen MR) is 81.7 cm³/mol. The average Bonchev–Trinajstić information content (AvgIpc) is 2.50. The zero-order valence-corrected chi connectivity index (χ0v) is 12.0.